The van der Waals surface area contributed by atoms with E-state index in [1.807, 2.05) is 39.0 Å². The smallest absolute Gasteiger partial charge is 0.255 e. The van der Waals surface area contributed by atoms with Crippen LogP contribution in [0, 0.1) is 23.7 Å². The Morgan fingerprint density at radius 1 is 1.00 bits per heavy atom. The molecule has 2 rings (SSSR count). The van der Waals surface area contributed by atoms with Crippen molar-refractivity contribution in [2.75, 3.05) is 59.7 Å². The van der Waals surface area contributed by atoms with E-state index < -0.39 is 12.1 Å². The molecule has 10 nitrogen and oxygen atoms in total. The number of morpholine rings is 1. The lowest BCUT2D eigenvalue weighted by Crippen LogP contribution is -2.47. The molecule has 1 aromatic carbocycles. The first-order valence-electron chi connectivity index (χ1n) is 16.6. The third-order valence-electron chi connectivity index (χ3n) is 8.75. The maximum atomic E-state index is 13.3. The van der Waals surface area contributed by atoms with Crippen LogP contribution in [0.3, 0.4) is 0 Å². The van der Waals surface area contributed by atoms with Gasteiger partial charge in [0.05, 0.1) is 31.5 Å². The summed E-state index contributed by atoms with van der Waals surface area (Å²) in [5.41, 5.74) is 7.07. The molecular formula is C34H60N4O6. The number of hydrogen-bond acceptors (Lipinski definition) is 8. The average molecular weight is 621 g/mol. The van der Waals surface area contributed by atoms with Gasteiger partial charge in [0.2, 0.25) is 5.91 Å². The van der Waals surface area contributed by atoms with Gasteiger partial charge < -0.3 is 35.7 Å². The minimum absolute atomic E-state index is 0.0253. The monoisotopic (exact) mass is 620 g/mol. The van der Waals surface area contributed by atoms with Crippen molar-refractivity contribution in [3.8, 4) is 5.75 Å². The number of rotatable bonds is 21. The molecule has 0 saturated carbocycles. The van der Waals surface area contributed by atoms with E-state index in [1.54, 1.807) is 13.2 Å². The summed E-state index contributed by atoms with van der Waals surface area (Å²) >= 11 is 0. The van der Waals surface area contributed by atoms with E-state index in [2.05, 4.69) is 29.4 Å². The van der Waals surface area contributed by atoms with Crippen molar-refractivity contribution in [2.45, 2.75) is 84.9 Å². The van der Waals surface area contributed by atoms with E-state index in [0.29, 0.717) is 37.3 Å². The Labute approximate surface area is 265 Å². The first kappa shape index (κ1) is 37.9. The number of para-hydroxylation sites is 1. The first-order chi connectivity index (χ1) is 21.0. The molecular weight excluding hydrogens is 560 g/mol. The van der Waals surface area contributed by atoms with Gasteiger partial charge in [0.25, 0.3) is 5.91 Å². The van der Waals surface area contributed by atoms with Crippen molar-refractivity contribution in [1.29, 1.82) is 0 Å². The number of hydrogen-bond donors (Lipinski definition) is 4. The van der Waals surface area contributed by atoms with Crippen molar-refractivity contribution in [3.05, 3.63) is 29.8 Å². The number of nitrogens with one attached hydrogen (secondary N) is 2. The van der Waals surface area contributed by atoms with E-state index in [0.717, 1.165) is 58.7 Å². The fraction of sp³-hybridized carbons (Fsp3) is 0.765. The van der Waals surface area contributed by atoms with Gasteiger partial charge in [0, 0.05) is 57.9 Å². The van der Waals surface area contributed by atoms with Crippen LogP contribution >= 0.6 is 0 Å². The van der Waals surface area contributed by atoms with Crippen molar-refractivity contribution >= 4 is 11.8 Å². The fourth-order valence-corrected chi connectivity index (χ4v) is 5.81. The van der Waals surface area contributed by atoms with Gasteiger partial charge in [0.15, 0.2) is 0 Å². The molecule has 1 aliphatic rings. The maximum absolute atomic E-state index is 13.3. The van der Waals surface area contributed by atoms with E-state index in [1.165, 1.54) is 0 Å². The van der Waals surface area contributed by atoms with Crippen LogP contribution in [0.15, 0.2) is 24.3 Å². The van der Waals surface area contributed by atoms with Gasteiger partial charge in [0.1, 0.15) is 5.75 Å². The molecule has 1 saturated heterocycles. The second kappa shape index (κ2) is 20.7. The number of benzene rings is 1. The third kappa shape index (κ3) is 13.4. The van der Waals surface area contributed by atoms with Gasteiger partial charge in [-0.05, 0) is 68.9 Å². The van der Waals surface area contributed by atoms with Crippen LogP contribution in [-0.4, -0.2) is 99.7 Å². The van der Waals surface area contributed by atoms with Crippen LogP contribution in [0.5, 0.6) is 5.75 Å². The Morgan fingerprint density at radius 2 is 1.68 bits per heavy atom. The topological polar surface area (TPSA) is 135 Å². The zero-order valence-electron chi connectivity index (χ0n) is 28.1. The normalized spacial score (nSPS) is 17.6. The molecule has 0 spiro atoms. The molecule has 1 unspecified atom stereocenters. The van der Waals surface area contributed by atoms with Crippen LogP contribution in [0.25, 0.3) is 0 Å². The molecule has 10 heteroatoms. The molecule has 1 fully saturated rings. The molecule has 5 N–H and O–H groups in total. The summed E-state index contributed by atoms with van der Waals surface area (Å²) in [6, 6.07) is 6.59. The van der Waals surface area contributed by atoms with Gasteiger partial charge in [-0.3, -0.25) is 14.5 Å². The Bertz CT molecular complexity index is 955. The zero-order valence-corrected chi connectivity index (χ0v) is 28.1. The van der Waals surface area contributed by atoms with E-state index in [-0.39, 0.29) is 41.5 Å². The second-order valence-corrected chi connectivity index (χ2v) is 12.9. The number of nitrogens with two attached hydrogens (primary N) is 1. The molecule has 1 aliphatic heterocycles. The fourth-order valence-electron chi connectivity index (χ4n) is 5.81. The van der Waals surface area contributed by atoms with Gasteiger partial charge in [-0.15, -0.1) is 0 Å². The highest BCUT2D eigenvalue weighted by Gasteiger charge is 2.32. The predicted octanol–water partition coefficient (Wildman–Crippen LogP) is 3.46. The number of aliphatic hydroxyl groups is 1. The van der Waals surface area contributed by atoms with Gasteiger partial charge in [-0.25, -0.2) is 0 Å². The maximum Gasteiger partial charge on any atom is 0.255 e. The molecule has 0 aliphatic carbocycles. The van der Waals surface area contributed by atoms with Crippen LogP contribution in [0.4, 0.5) is 0 Å². The molecule has 5 atom stereocenters. The number of carbonyl (C=O) groups excluding carboxylic acids is 2. The lowest BCUT2D eigenvalue weighted by atomic mass is 9.80. The number of amides is 2. The van der Waals surface area contributed by atoms with Crippen LogP contribution in [0.2, 0.25) is 0 Å². The Kier molecular flexibility index (Phi) is 17.9. The largest absolute Gasteiger partial charge is 0.493 e. The lowest BCUT2D eigenvalue weighted by molar-refractivity contribution is -0.127. The SMILES string of the molecule is COCCCCCOc1ccccc1C(=O)NC(C)[C@@H](C[C@H](N)[C@@H](O)C[C@@H](C(=O)NCCN1CCOCC1)C(C)C)C(C)C. The molecule has 1 aromatic rings. The average Bonchev–Trinajstić information content (AvgIpc) is 3.00. The first-order valence-corrected chi connectivity index (χ1v) is 16.6. The van der Waals surface area contributed by atoms with Crippen molar-refractivity contribution in [3.63, 3.8) is 0 Å². The number of carbonyl (C=O) groups is 2. The quantitative estimate of drug-likeness (QED) is 0.154. The van der Waals surface area contributed by atoms with Crippen LogP contribution in [-0.2, 0) is 14.3 Å². The summed E-state index contributed by atoms with van der Waals surface area (Å²) in [7, 11) is 1.70. The van der Waals surface area contributed by atoms with E-state index in [9.17, 15) is 14.7 Å². The van der Waals surface area contributed by atoms with Gasteiger partial charge in [-0.1, -0.05) is 39.8 Å². The van der Waals surface area contributed by atoms with Crippen molar-refractivity contribution < 1.29 is 28.9 Å². The predicted molar refractivity (Wildman–Crippen MR) is 175 cm³/mol. The highest BCUT2D eigenvalue weighted by atomic mass is 16.5. The summed E-state index contributed by atoms with van der Waals surface area (Å²) in [5.74, 6) is 0.292. The molecule has 0 aromatic heterocycles. The Morgan fingerprint density at radius 3 is 2.34 bits per heavy atom. The van der Waals surface area contributed by atoms with Crippen LogP contribution in [0.1, 0.15) is 77.1 Å². The van der Waals surface area contributed by atoms with Crippen molar-refractivity contribution in [1.82, 2.24) is 15.5 Å². The molecule has 0 bridgehead atoms. The summed E-state index contributed by atoms with van der Waals surface area (Å²) < 4.78 is 16.4. The van der Waals surface area contributed by atoms with Crippen molar-refractivity contribution in [2.24, 2.45) is 29.4 Å². The van der Waals surface area contributed by atoms with E-state index in [4.69, 9.17) is 19.9 Å². The van der Waals surface area contributed by atoms with Gasteiger partial charge >= 0.3 is 0 Å². The summed E-state index contributed by atoms with van der Waals surface area (Å²) in [5, 5.41) is 17.4. The Balaban J connectivity index is 1.91. The van der Waals surface area contributed by atoms with E-state index >= 15 is 0 Å². The number of unbranched alkanes of at least 4 members (excludes halogenated alkanes) is 2. The van der Waals surface area contributed by atoms with Crippen LogP contribution < -0.4 is 21.1 Å². The summed E-state index contributed by atoms with van der Waals surface area (Å²) in [4.78, 5) is 28.7. The second-order valence-electron chi connectivity index (χ2n) is 12.9. The minimum atomic E-state index is -0.838. The number of aliphatic hydroxyl groups excluding tert-OH is 1. The molecule has 44 heavy (non-hydrogen) atoms. The minimum Gasteiger partial charge on any atom is -0.493 e. The third-order valence-corrected chi connectivity index (χ3v) is 8.75. The molecule has 2 amide bonds. The molecule has 1 heterocycles. The zero-order chi connectivity index (χ0) is 32.5. The summed E-state index contributed by atoms with van der Waals surface area (Å²) in [6.45, 7) is 16.0. The number of methoxy groups -OCH3 is 1. The lowest BCUT2D eigenvalue weighted by Gasteiger charge is -2.33. The highest BCUT2D eigenvalue weighted by Crippen LogP contribution is 2.26. The highest BCUT2D eigenvalue weighted by molar-refractivity contribution is 5.97. The molecule has 252 valence electrons. The number of nitrogens with zero attached hydrogens (tertiary/aromatic N) is 1. The van der Waals surface area contributed by atoms with Gasteiger partial charge in [-0.2, -0.15) is 0 Å². The molecule has 0 radical (unpaired) electrons. The number of ether oxygens (including phenoxy) is 3. The Hall–Kier alpha value is -2.24. The standard InChI is InChI=1S/C34H60N4O6/c1-24(2)28(26(5)37-34(41)27-12-8-9-13-32(27)44-19-11-7-10-18-42-6)22-30(35)31(39)23-29(25(3)4)33(40)36-14-15-38-16-20-43-21-17-38/h8-9,12-13,24-26,28-31,39H,7,10-11,14-23,35H2,1-6H3,(H,36,40)(H,37,41)/t26?,28-,29+,30-,31-/m0/s1. The summed E-state index contributed by atoms with van der Waals surface area (Å²) in [6.07, 6.45) is 2.84.